The molecule has 2 aromatic rings. The Labute approximate surface area is 118 Å². The minimum Gasteiger partial charge on any atom is -0.504 e. The van der Waals surface area contributed by atoms with Gasteiger partial charge in [-0.15, -0.1) is 5.10 Å². The SMILES string of the molecule is COc1ccc(CN(C)c2nncc(C)c2C)cc1O. The lowest BCUT2D eigenvalue weighted by molar-refractivity contribution is 0.373. The third-order valence-corrected chi connectivity index (χ3v) is 3.36. The molecular formula is C15H19N3O2. The van der Waals surface area contributed by atoms with Crippen molar-refractivity contribution < 1.29 is 9.84 Å². The second-order valence-electron chi connectivity index (χ2n) is 4.84. The minimum absolute atomic E-state index is 0.144. The van der Waals surface area contributed by atoms with E-state index in [1.54, 1.807) is 18.3 Å². The lowest BCUT2D eigenvalue weighted by Gasteiger charge is -2.20. The fourth-order valence-electron chi connectivity index (χ4n) is 2.06. The highest BCUT2D eigenvalue weighted by atomic mass is 16.5. The number of phenolic OH excluding ortho intramolecular Hbond substituents is 1. The molecule has 0 saturated heterocycles. The maximum Gasteiger partial charge on any atom is 0.160 e. The van der Waals surface area contributed by atoms with Crippen LogP contribution < -0.4 is 9.64 Å². The van der Waals surface area contributed by atoms with Gasteiger partial charge in [0.05, 0.1) is 13.3 Å². The van der Waals surface area contributed by atoms with Crippen LogP contribution in [0, 0.1) is 13.8 Å². The average molecular weight is 273 g/mol. The maximum absolute atomic E-state index is 9.80. The van der Waals surface area contributed by atoms with E-state index >= 15 is 0 Å². The number of anilines is 1. The van der Waals surface area contributed by atoms with Gasteiger partial charge in [0.25, 0.3) is 0 Å². The van der Waals surface area contributed by atoms with Crippen molar-refractivity contribution in [1.29, 1.82) is 0 Å². The fourth-order valence-corrected chi connectivity index (χ4v) is 2.06. The van der Waals surface area contributed by atoms with E-state index in [2.05, 4.69) is 10.2 Å². The second kappa shape index (κ2) is 5.77. The third kappa shape index (κ3) is 2.82. The monoisotopic (exact) mass is 273 g/mol. The Bertz CT molecular complexity index is 614. The van der Waals surface area contributed by atoms with Gasteiger partial charge in [-0.3, -0.25) is 0 Å². The van der Waals surface area contributed by atoms with Gasteiger partial charge in [0.15, 0.2) is 17.3 Å². The zero-order valence-electron chi connectivity index (χ0n) is 12.2. The van der Waals surface area contributed by atoms with Crippen molar-refractivity contribution in [3.63, 3.8) is 0 Å². The topological polar surface area (TPSA) is 58.5 Å². The van der Waals surface area contributed by atoms with E-state index < -0.39 is 0 Å². The maximum atomic E-state index is 9.80. The smallest absolute Gasteiger partial charge is 0.160 e. The van der Waals surface area contributed by atoms with Gasteiger partial charge in [0.2, 0.25) is 0 Å². The van der Waals surface area contributed by atoms with E-state index in [1.165, 1.54) is 7.11 Å². The minimum atomic E-state index is 0.144. The molecule has 0 amide bonds. The van der Waals surface area contributed by atoms with E-state index in [4.69, 9.17) is 4.74 Å². The largest absolute Gasteiger partial charge is 0.504 e. The van der Waals surface area contributed by atoms with Crippen LogP contribution in [-0.2, 0) is 6.54 Å². The quantitative estimate of drug-likeness (QED) is 0.927. The normalized spacial score (nSPS) is 10.4. The number of aryl methyl sites for hydroxylation is 1. The molecule has 20 heavy (non-hydrogen) atoms. The predicted octanol–water partition coefficient (Wildman–Crippen LogP) is 2.44. The van der Waals surface area contributed by atoms with Crippen molar-refractivity contribution in [3.8, 4) is 11.5 Å². The van der Waals surface area contributed by atoms with Gasteiger partial charge >= 0.3 is 0 Å². The van der Waals surface area contributed by atoms with Crippen LogP contribution in [0.3, 0.4) is 0 Å². The Morgan fingerprint density at radius 3 is 2.70 bits per heavy atom. The number of aromatic nitrogens is 2. The highest BCUT2D eigenvalue weighted by Crippen LogP contribution is 2.27. The van der Waals surface area contributed by atoms with Crippen LogP contribution in [0.25, 0.3) is 0 Å². The standard InChI is InChI=1S/C15H19N3O2/c1-10-8-16-17-15(11(10)2)18(3)9-12-5-6-14(20-4)13(19)7-12/h5-8,19H,9H2,1-4H3. The van der Waals surface area contributed by atoms with Crippen molar-refractivity contribution >= 4 is 5.82 Å². The molecule has 0 aliphatic rings. The van der Waals surface area contributed by atoms with Crippen LogP contribution in [0.5, 0.6) is 11.5 Å². The number of hydrogen-bond acceptors (Lipinski definition) is 5. The summed E-state index contributed by atoms with van der Waals surface area (Å²) in [7, 11) is 3.49. The van der Waals surface area contributed by atoms with E-state index in [-0.39, 0.29) is 5.75 Å². The number of rotatable bonds is 4. The number of nitrogens with zero attached hydrogens (tertiary/aromatic N) is 3. The van der Waals surface area contributed by atoms with Gasteiger partial charge in [-0.2, -0.15) is 5.10 Å². The molecule has 0 spiro atoms. The summed E-state index contributed by atoms with van der Waals surface area (Å²) in [5.41, 5.74) is 3.20. The van der Waals surface area contributed by atoms with Crippen molar-refractivity contribution in [2.24, 2.45) is 0 Å². The molecule has 0 saturated carbocycles. The van der Waals surface area contributed by atoms with Crippen molar-refractivity contribution in [1.82, 2.24) is 10.2 Å². The molecule has 0 radical (unpaired) electrons. The van der Waals surface area contributed by atoms with Gasteiger partial charge in [-0.05, 0) is 42.7 Å². The molecule has 1 aromatic heterocycles. The molecule has 5 nitrogen and oxygen atoms in total. The van der Waals surface area contributed by atoms with Crippen LogP contribution >= 0.6 is 0 Å². The molecule has 1 heterocycles. The molecule has 0 aliphatic carbocycles. The lowest BCUT2D eigenvalue weighted by atomic mass is 10.1. The van der Waals surface area contributed by atoms with Gasteiger partial charge in [-0.1, -0.05) is 6.07 Å². The predicted molar refractivity (Wildman–Crippen MR) is 78.3 cm³/mol. The zero-order chi connectivity index (χ0) is 14.7. The first-order chi connectivity index (χ1) is 9.52. The second-order valence-corrected chi connectivity index (χ2v) is 4.84. The molecule has 0 bridgehead atoms. The molecule has 2 rings (SSSR count). The molecule has 0 aliphatic heterocycles. The Hall–Kier alpha value is -2.30. The molecule has 1 aromatic carbocycles. The lowest BCUT2D eigenvalue weighted by Crippen LogP contribution is -2.19. The third-order valence-electron chi connectivity index (χ3n) is 3.36. The number of aromatic hydroxyl groups is 1. The molecule has 5 heteroatoms. The van der Waals surface area contributed by atoms with E-state index in [9.17, 15) is 5.11 Å². The molecular weight excluding hydrogens is 254 g/mol. The summed E-state index contributed by atoms with van der Waals surface area (Å²) in [5.74, 6) is 1.47. The summed E-state index contributed by atoms with van der Waals surface area (Å²) in [6.45, 7) is 4.68. The van der Waals surface area contributed by atoms with Crippen molar-refractivity contribution in [2.75, 3.05) is 19.1 Å². The number of phenols is 1. The first-order valence-electron chi connectivity index (χ1n) is 6.39. The Balaban J connectivity index is 2.21. The highest BCUT2D eigenvalue weighted by molar-refractivity contribution is 5.49. The summed E-state index contributed by atoms with van der Waals surface area (Å²) >= 11 is 0. The van der Waals surface area contributed by atoms with E-state index in [1.807, 2.05) is 31.9 Å². The first-order valence-corrected chi connectivity index (χ1v) is 6.39. The van der Waals surface area contributed by atoms with Gasteiger partial charge in [0, 0.05) is 13.6 Å². The van der Waals surface area contributed by atoms with Gasteiger partial charge in [0.1, 0.15) is 0 Å². The molecule has 1 N–H and O–H groups in total. The van der Waals surface area contributed by atoms with Gasteiger partial charge < -0.3 is 14.7 Å². The molecule has 106 valence electrons. The molecule has 0 atom stereocenters. The van der Waals surface area contributed by atoms with Gasteiger partial charge in [-0.25, -0.2) is 0 Å². The average Bonchev–Trinajstić information content (AvgIpc) is 2.42. The van der Waals surface area contributed by atoms with Crippen LogP contribution in [0.15, 0.2) is 24.4 Å². The summed E-state index contributed by atoms with van der Waals surface area (Å²) in [4.78, 5) is 2.01. The number of benzene rings is 1. The molecule has 0 fully saturated rings. The van der Waals surface area contributed by atoms with E-state index in [0.717, 1.165) is 22.5 Å². The Morgan fingerprint density at radius 2 is 2.05 bits per heavy atom. The summed E-state index contributed by atoms with van der Waals surface area (Å²) < 4.78 is 5.04. The summed E-state index contributed by atoms with van der Waals surface area (Å²) in [6.07, 6.45) is 1.76. The summed E-state index contributed by atoms with van der Waals surface area (Å²) in [6, 6.07) is 5.38. The first kappa shape index (κ1) is 14.1. The van der Waals surface area contributed by atoms with Crippen LogP contribution in [0.2, 0.25) is 0 Å². The zero-order valence-corrected chi connectivity index (χ0v) is 12.2. The summed E-state index contributed by atoms with van der Waals surface area (Å²) in [5, 5.41) is 18.0. The Morgan fingerprint density at radius 1 is 1.30 bits per heavy atom. The number of ether oxygens (including phenoxy) is 1. The van der Waals surface area contributed by atoms with Crippen molar-refractivity contribution in [2.45, 2.75) is 20.4 Å². The fraction of sp³-hybridized carbons (Fsp3) is 0.333. The number of hydrogen-bond donors (Lipinski definition) is 1. The van der Waals surface area contributed by atoms with Crippen LogP contribution in [0.4, 0.5) is 5.82 Å². The van der Waals surface area contributed by atoms with Crippen LogP contribution in [-0.4, -0.2) is 29.5 Å². The number of methoxy groups -OCH3 is 1. The highest BCUT2D eigenvalue weighted by Gasteiger charge is 2.10. The Kier molecular flexibility index (Phi) is 4.08. The van der Waals surface area contributed by atoms with E-state index in [0.29, 0.717) is 12.3 Å². The van der Waals surface area contributed by atoms with Crippen molar-refractivity contribution in [3.05, 3.63) is 41.1 Å². The molecule has 0 unspecified atom stereocenters. The van der Waals surface area contributed by atoms with Crippen LogP contribution in [0.1, 0.15) is 16.7 Å².